The van der Waals surface area contributed by atoms with Gasteiger partial charge in [-0.25, -0.2) is 0 Å². The van der Waals surface area contributed by atoms with Crippen LogP contribution in [0, 0.1) is 6.92 Å². The number of aryl methyl sites for hydroxylation is 1. The Labute approximate surface area is 104 Å². The molecule has 0 spiro atoms. The number of carbonyl (C=O) groups is 2. The summed E-state index contributed by atoms with van der Waals surface area (Å²) in [6.07, 6.45) is -0.182. The maximum atomic E-state index is 11.6. The van der Waals surface area contributed by atoms with Crippen molar-refractivity contribution in [3.05, 3.63) is 28.8 Å². The Balaban J connectivity index is 2.71. The fourth-order valence-electron chi connectivity index (χ4n) is 1.30. The largest absolute Gasteiger partial charge is 0.370 e. The van der Waals surface area contributed by atoms with E-state index in [9.17, 15) is 9.59 Å². The summed E-state index contributed by atoms with van der Waals surface area (Å²) in [5, 5.41) is 3.20. The van der Waals surface area contributed by atoms with Crippen molar-refractivity contribution in [2.45, 2.75) is 19.4 Å². The van der Waals surface area contributed by atoms with E-state index < -0.39 is 17.9 Å². The summed E-state index contributed by atoms with van der Waals surface area (Å²) in [7, 11) is 0. The van der Waals surface area contributed by atoms with Crippen LogP contribution in [0.25, 0.3) is 0 Å². The molecular formula is C11H14ClN3O2. The molecule has 6 heteroatoms. The molecule has 1 unspecified atom stereocenters. The molecule has 92 valence electrons. The van der Waals surface area contributed by atoms with Gasteiger partial charge in [0, 0.05) is 10.7 Å². The van der Waals surface area contributed by atoms with E-state index >= 15 is 0 Å². The number of rotatable bonds is 4. The van der Waals surface area contributed by atoms with Gasteiger partial charge in [-0.2, -0.15) is 0 Å². The molecule has 0 aromatic heterocycles. The van der Waals surface area contributed by atoms with Gasteiger partial charge in [-0.15, -0.1) is 0 Å². The Hall–Kier alpha value is -1.59. The molecule has 0 aliphatic carbocycles. The molecule has 0 heterocycles. The Morgan fingerprint density at radius 1 is 1.47 bits per heavy atom. The summed E-state index contributed by atoms with van der Waals surface area (Å²) < 4.78 is 0. The highest BCUT2D eigenvalue weighted by molar-refractivity contribution is 6.30. The minimum Gasteiger partial charge on any atom is -0.370 e. The molecule has 0 bridgehead atoms. The smallest absolute Gasteiger partial charge is 0.241 e. The van der Waals surface area contributed by atoms with Gasteiger partial charge in [0.05, 0.1) is 12.5 Å². The van der Waals surface area contributed by atoms with Crippen molar-refractivity contribution in [2.75, 3.05) is 5.32 Å². The summed E-state index contributed by atoms with van der Waals surface area (Å²) >= 11 is 5.79. The van der Waals surface area contributed by atoms with Crippen molar-refractivity contribution in [2.24, 2.45) is 11.5 Å². The molecule has 1 rings (SSSR count). The summed E-state index contributed by atoms with van der Waals surface area (Å²) in [5.74, 6) is -1.06. The van der Waals surface area contributed by atoms with E-state index in [1.54, 1.807) is 25.1 Å². The third-order valence-electron chi connectivity index (χ3n) is 2.20. The molecule has 2 amide bonds. The summed E-state index contributed by atoms with van der Waals surface area (Å²) in [5.41, 5.74) is 11.9. The third-order valence-corrected chi connectivity index (χ3v) is 2.44. The van der Waals surface area contributed by atoms with Gasteiger partial charge in [0.1, 0.15) is 0 Å². The second-order valence-electron chi connectivity index (χ2n) is 3.73. The van der Waals surface area contributed by atoms with Crippen LogP contribution in [0.1, 0.15) is 12.0 Å². The highest BCUT2D eigenvalue weighted by Crippen LogP contribution is 2.19. The lowest BCUT2D eigenvalue weighted by atomic mass is 10.1. The Kier molecular flexibility index (Phi) is 4.48. The zero-order chi connectivity index (χ0) is 13.0. The Bertz CT molecular complexity index is 448. The van der Waals surface area contributed by atoms with Gasteiger partial charge < -0.3 is 16.8 Å². The fraction of sp³-hybridized carbons (Fsp3) is 0.273. The quantitative estimate of drug-likeness (QED) is 0.742. The maximum absolute atomic E-state index is 11.6. The van der Waals surface area contributed by atoms with Gasteiger partial charge in [-0.05, 0) is 30.7 Å². The molecule has 0 aliphatic heterocycles. The van der Waals surface area contributed by atoms with Gasteiger partial charge in [0.15, 0.2) is 0 Å². The van der Waals surface area contributed by atoms with Gasteiger partial charge in [-0.3, -0.25) is 9.59 Å². The number of nitrogens with one attached hydrogen (secondary N) is 1. The van der Waals surface area contributed by atoms with E-state index in [0.717, 1.165) is 5.56 Å². The molecule has 0 radical (unpaired) electrons. The van der Waals surface area contributed by atoms with E-state index in [-0.39, 0.29) is 6.42 Å². The predicted octanol–water partition coefficient (Wildman–Crippen LogP) is 0.790. The number of halogens is 1. The highest BCUT2D eigenvalue weighted by Gasteiger charge is 2.16. The van der Waals surface area contributed by atoms with Crippen LogP contribution in [0.5, 0.6) is 0 Å². The van der Waals surface area contributed by atoms with Crippen LogP contribution in [0.3, 0.4) is 0 Å². The molecule has 5 nitrogen and oxygen atoms in total. The third kappa shape index (κ3) is 4.05. The van der Waals surface area contributed by atoms with Crippen molar-refractivity contribution in [1.29, 1.82) is 0 Å². The SMILES string of the molecule is Cc1cc(Cl)ccc1NC(=O)C(N)CC(N)=O. The van der Waals surface area contributed by atoms with E-state index in [1.807, 2.05) is 0 Å². The molecule has 0 fully saturated rings. The van der Waals surface area contributed by atoms with Crippen LogP contribution in [-0.2, 0) is 9.59 Å². The van der Waals surface area contributed by atoms with Crippen molar-refractivity contribution in [1.82, 2.24) is 0 Å². The number of anilines is 1. The minimum atomic E-state index is -0.942. The monoisotopic (exact) mass is 255 g/mol. The van der Waals surface area contributed by atoms with Gasteiger partial charge in [0.2, 0.25) is 11.8 Å². The van der Waals surface area contributed by atoms with Crippen LogP contribution < -0.4 is 16.8 Å². The summed E-state index contributed by atoms with van der Waals surface area (Å²) in [6.45, 7) is 1.81. The number of nitrogens with two attached hydrogens (primary N) is 2. The van der Waals surface area contributed by atoms with Gasteiger partial charge in [-0.1, -0.05) is 11.6 Å². The van der Waals surface area contributed by atoms with Crippen molar-refractivity contribution < 1.29 is 9.59 Å². The number of hydrogen-bond acceptors (Lipinski definition) is 3. The van der Waals surface area contributed by atoms with Crippen molar-refractivity contribution in [3.8, 4) is 0 Å². The van der Waals surface area contributed by atoms with E-state index in [4.69, 9.17) is 23.1 Å². The van der Waals surface area contributed by atoms with E-state index in [2.05, 4.69) is 5.32 Å². The number of hydrogen-bond donors (Lipinski definition) is 3. The van der Waals surface area contributed by atoms with Crippen molar-refractivity contribution in [3.63, 3.8) is 0 Å². The normalized spacial score (nSPS) is 11.9. The van der Waals surface area contributed by atoms with E-state index in [0.29, 0.717) is 10.7 Å². The van der Waals surface area contributed by atoms with Crippen molar-refractivity contribution >= 4 is 29.1 Å². The summed E-state index contributed by atoms with van der Waals surface area (Å²) in [4.78, 5) is 22.2. The molecule has 0 saturated carbocycles. The topological polar surface area (TPSA) is 98.2 Å². The number of amides is 2. The number of carbonyl (C=O) groups excluding carboxylic acids is 2. The molecule has 5 N–H and O–H groups in total. The predicted molar refractivity (Wildman–Crippen MR) is 66.6 cm³/mol. The Morgan fingerprint density at radius 3 is 2.65 bits per heavy atom. The molecule has 1 atom stereocenters. The molecule has 0 aliphatic rings. The first-order valence-corrected chi connectivity index (χ1v) is 5.39. The molecule has 17 heavy (non-hydrogen) atoms. The zero-order valence-corrected chi connectivity index (χ0v) is 10.1. The fourth-order valence-corrected chi connectivity index (χ4v) is 1.53. The molecule has 1 aromatic rings. The first-order chi connectivity index (χ1) is 7.90. The van der Waals surface area contributed by atoms with Crippen LogP contribution in [0.2, 0.25) is 5.02 Å². The average Bonchev–Trinajstić information content (AvgIpc) is 2.21. The van der Waals surface area contributed by atoms with Crippen LogP contribution >= 0.6 is 11.6 Å². The number of benzene rings is 1. The lowest BCUT2D eigenvalue weighted by Gasteiger charge is -2.12. The van der Waals surface area contributed by atoms with Gasteiger partial charge >= 0.3 is 0 Å². The minimum absolute atomic E-state index is 0.182. The Morgan fingerprint density at radius 2 is 2.12 bits per heavy atom. The standard InChI is InChI=1S/C11H14ClN3O2/c1-6-4-7(12)2-3-9(6)15-11(17)8(13)5-10(14)16/h2-4,8H,5,13H2,1H3,(H2,14,16)(H,15,17). The summed E-state index contributed by atoms with van der Waals surface area (Å²) in [6, 6.07) is 4.11. The number of primary amides is 1. The highest BCUT2D eigenvalue weighted by atomic mass is 35.5. The average molecular weight is 256 g/mol. The first kappa shape index (κ1) is 13.5. The maximum Gasteiger partial charge on any atom is 0.241 e. The second-order valence-corrected chi connectivity index (χ2v) is 4.16. The lowest BCUT2D eigenvalue weighted by Crippen LogP contribution is -2.39. The van der Waals surface area contributed by atoms with Crippen LogP contribution in [0.4, 0.5) is 5.69 Å². The van der Waals surface area contributed by atoms with Crippen LogP contribution in [-0.4, -0.2) is 17.9 Å². The lowest BCUT2D eigenvalue weighted by molar-refractivity contribution is -0.123. The molecule has 1 aromatic carbocycles. The van der Waals surface area contributed by atoms with Crippen LogP contribution in [0.15, 0.2) is 18.2 Å². The molecular weight excluding hydrogens is 242 g/mol. The zero-order valence-electron chi connectivity index (χ0n) is 9.37. The van der Waals surface area contributed by atoms with Gasteiger partial charge in [0.25, 0.3) is 0 Å². The first-order valence-electron chi connectivity index (χ1n) is 5.01. The second kappa shape index (κ2) is 5.65. The molecule has 0 saturated heterocycles. The van der Waals surface area contributed by atoms with E-state index in [1.165, 1.54) is 0 Å².